The largest absolute Gasteiger partial charge is 0.469 e. The Kier molecular flexibility index (Phi) is 3.90. The van der Waals surface area contributed by atoms with Gasteiger partial charge in [-0.25, -0.2) is 0 Å². The van der Waals surface area contributed by atoms with Gasteiger partial charge < -0.3 is 14.2 Å². The number of ether oxygens (including phenoxy) is 1. The van der Waals surface area contributed by atoms with Gasteiger partial charge in [0.25, 0.3) is 0 Å². The molecule has 1 atom stereocenters. The van der Waals surface area contributed by atoms with E-state index >= 15 is 0 Å². The molecule has 0 aliphatic carbocycles. The van der Waals surface area contributed by atoms with Gasteiger partial charge >= 0.3 is 5.97 Å². The van der Waals surface area contributed by atoms with Crippen LogP contribution in [0.2, 0.25) is 0 Å². The van der Waals surface area contributed by atoms with Crippen LogP contribution in [0.1, 0.15) is 37.3 Å². The highest BCUT2D eigenvalue weighted by Gasteiger charge is 2.35. The molecule has 2 aliphatic heterocycles. The minimum Gasteiger partial charge on any atom is -0.469 e. The average molecular weight is 292 g/mol. The number of carbonyl (C=O) groups is 2. The number of amides is 1. The maximum atomic E-state index is 12.0. The van der Waals surface area contributed by atoms with Gasteiger partial charge in [-0.15, -0.1) is 10.2 Å². The van der Waals surface area contributed by atoms with Gasteiger partial charge in [0, 0.05) is 25.9 Å². The fourth-order valence-electron chi connectivity index (χ4n) is 3.08. The second-order valence-electron chi connectivity index (χ2n) is 5.69. The summed E-state index contributed by atoms with van der Waals surface area (Å²) >= 11 is 0. The lowest BCUT2D eigenvalue weighted by atomic mass is 10.1. The van der Waals surface area contributed by atoms with Crippen molar-refractivity contribution in [3.63, 3.8) is 0 Å². The average Bonchev–Trinajstić information content (AvgIpc) is 2.94. The summed E-state index contributed by atoms with van der Waals surface area (Å²) in [5.74, 6) is 1.15. The lowest BCUT2D eigenvalue weighted by molar-refractivity contribution is -0.145. The quantitative estimate of drug-likeness (QED) is 0.759. The Hall–Kier alpha value is -1.92. The van der Waals surface area contributed by atoms with E-state index < -0.39 is 0 Å². The molecule has 0 spiro atoms. The maximum absolute atomic E-state index is 12.0. The highest BCUT2D eigenvalue weighted by Crippen LogP contribution is 2.22. The molecule has 1 unspecified atom stereocenters. The third-order valence-corrected chi connectivity index (χ3v) is 4.27. The van der Waals surface area contributed by atoms with Crippen molar-refractivity contribution < 1.29 is 14.3 Å². The van der Waals surface area contributed by atoms with E-state index in [4.69, 9.17) is 4.74 Å². The molecular weight excluding hydrogens is 272 g/mol. The normalized spacial score (nSPS) is 22.0. The van der Waals surface area contributed by atoms with Crippen LogP contribution in [-0.4, -0.2) is 45.2 Å². The number of likely N-dealkylation sites (tertiary alicyclic amines) is 1. The number of carbonyl (C=O) groups excluding carboxylic acids is 2. The van der Waals surface area contributed by atoms with Crippen molar-refractivity contribution in [3.05, 3.63) is 11.6 Å². The van der Waals surface area contributed by atoms with Crippen LogP contribution in [0.25, 0.3) is 0 Å². The number of nitrogens with zero attached hydrogens (tertiary/aromatic N) is 4. The van der Waals surface area contributed by atoms with E-state index in [-0.39, 0.29) is 24.2 Å². The first-order valence-corrected chi connectivity index (χ1v) is 7.45. The molecule has 0 saturated carbocycles. The molecule has 1 aromatic rings. The first-order chi connectivity index (χ1) is 10.2. The van der Waals surface area contributed by atoms with Gasteiger partial charge in [-0.2, -0.15) is 0 Å². The SMILES string of the molecule is COC(=O)C1CC(=O)N(Cc2nnc3n2CCCCC3)C1. The van der Waals surface area contributed by atoms with E-state index in [1.165, 1.54) is 13.5 Å². The zero-order valence-electron chi connectivity index (χ0n) is 12.2. The van der Waals surface area contributed by atoms with Crippen LogP contribution >= 0.6 is 0 Å². The van der Waals surface area contributed by atoms with E-state index in [0.717, 1.165) is 37.5 Å². The molecule has 2 aliphatic rings. The lowest BCUT2D eigenvalue weighted by Crippen LogP contribution is -2.28. The van der Waals surface area contributed by atoms with Gasteiger partial charge in [-0.3, -0.25) is 9.59 Å². The number of hydrogen-bond acceptors (Lipinski definition) is 5. The van der Waals surface area contributed by atoms with Crippen molar-refractivity contribution >= 4 is 11.9 Å². The van der Waals surface area contributed by atoms with Gasteiger partial charge in [0.15, 0.2) is 5.82 Å². The van der Waals surface area contributed by atoms with Crippen LogP contribution in [0.5, 0.6) is 0 Å². The summed E-state index contributed by atoms with van der Waals surface area (Å²) in [7, 11) is 1.36. The predicted octanol–water partition coefficient (Wildman–Crippen LogP) is 0.526. The number of hydrogen-bond donors (Lipinski definition) is 0. The fraction of sp³-hybridized carbons (Fsp3) is 0.714. The highest BCUT2D eigenvalue weighted by molar-refractivity contribution is 5.86. The molecule has 0 radical (unpaired) electrons. The molecule has 1 amide bonds. The number of aryl methyl sites for hydroxylation is 1. The molecule has 3 rings (SSSR count). The van der Waals surface area contributed by atoms with E-state index in [1.807, 2.05) is 0 Å². The molecule has 1 aromatic heterocycles. The van der Waals surface area contributed by atoms with E-state index in [2.05, 4.69) is 14.8 Å². The Morgan fingerprint density at radius 3 is 3.00 bits per heavy atom. The van der Waals surface area contributed by atoms with Gasteiger partial charge in [0.05, 0.1) is 19.6 Å². The van der Waals surface area contributed by atoms with Gasteiger partial charge in [0.2, 0.25) is 5.91 Å². The van der Waals surface area contributed by atoms with Crippen LogP contribution in [0.3, 0.4) is 0 Å². The number of fused-ring (bicyclic) bond motifs is 1. The zero-order chi connectivity index (χ0) is 14.8. The molecule has 1 saturated heterocycles. The van der Waals surface area contributed by atoms with Crippen molar-refractivity contribution in [2.24, 2.45) is 5.92 Å². The van der Waals surface area contributed by atoms with Crippen LogP contribution in [0.4, 0.5) is 0 Å². The monoisotopic (exact) mass is 292 g/mol. The van der Waals surface area contributed by atoms with Crippen molar-refractivity contribution in [2.45, 2.75) is 45.2 Å². The molecular formula is C14H20N4O3. The number of esters is 1. The minimum atomic E-state index is -0.353. The van der Waals surface area contributed by atoms with Crippen molar-refractivity contribution in [3.8, 4) is 0 Å². The lowest BCUT2D eigenvalue weighted by Gasteiger charge is -2.16. The Bertz CT molecular complexity index is 554. The van der Waals surface area contributed by atoms with E-state index in [1.54, 1.807) is 4.90 Å². The molecule has 0 N–H and O–H groups in total. The second-order valence-corrected chi connectivity index (χ2v) is 5.69. The Balaban J connectivity index is 1.71. The molecule has 7 heteroatoms. The fourth-order valence-corrected chi connectivity index (χ4v) is 3.08. The summed E-state index contributed by atoms with van der Waals surface area (Å²) in [6.45, 7) is 1.76. The van der Waals surface area contributed by atoms with Crippen molar-refractivity contribution in [2.75, 3.05) is 13.7 Å². The van der Waals surface area contributed by atoms with Gasteiger partial charge in [-0.1, -0.05) is 6.42 Å². The first-order valence-electron chi connectivity index (χ1n) is 7.45. The van der Waals surface area contributed by atoms with Crippen LogP contribution < -0.4 is 0 Å². The predicted molar refractivity (Wildman–Crippen MR) is 73.1 cm³/mol. The zero-order valence-corrected chi connectivity index (χ0v) is 12.2. The summed E-state index contributed by atoms with van der Waals surface area (Å²) in [4.78, 5) is 25.3. The first kappa shape index (κ1) is 14.0. The molecule has 0 aromatic carbocycles. The summed E-state index contributed by atoms with van der Waals surface area (Å²) in [5.41, 5.74) is 0. The van der Waals surface area contributed by atoms with Crippen LogP contribution in [0, 0.1) is 5.92 Å². The molecule has 0 bridgehead atoms. The topological polar surface area (TPSA) is 77.3 Å². The number of aromatic nitrogens is 3. The standard InChI is InChI=1S/C14H20N4O3/c1-21-14(20)10-7-13(19)17(8-10)9-12-16-15-11-5-3-2-4-6-18(11)12/h10H,2-9H2,1H3. The molecule has 7 nitrogen and oxygen atoms in total. The van der Waals surface area contributed by atoms with Gasteiger partial charge in [-0.05, 0) is 12.8 Å². The summed E-state index contributed by atoms with van der Waals surface area (Å²) < 4.78 is 6.85. The molecule has 114 valence electrons. The number of methoxy groups -OCH3 is 1. The molecule has 3 heterocycles. The third kappa shape index (κ3) is 2.77. The minimum absolute atomic E-state index is 0.0172. The Morgan fingerprint density at radius 1 is 1.33 bits per heavy atom. The van der Waals surface area contributed by atoms with E-state index in [9.17, 15) is 9.59 Å². The second kappa shape index (κ2) is 5.83. The maximum Gasteiger partial charge on any atom is 0.310 e. The Morgan fingerprint density at radius 2 is 2.19 bits per heavy atom. The summed E-state index contributed by atoms with van der Waals surface area (Å²) in [6.07, 6.45) is 4.65. The van der Waals surface area contributed by atoms with E-state index in [0.29, 0.717) is 13.1 Å². The molecule has 21 heavy (non-hydrogen) atoms. The third-order valence-electron chi connectivity index (χ3n) is 4.27. The molecule has 1 fully saturated rings. The smallest absolute Gasteiger partial charge is 0.310 e. The Labute approximate surface area is 123 Å². The van der Waals surface area contributed by atoms with Crippen LogP contribution in [-0.2, 0) is 33.8 Å². The van der Waals surface area contributed by atoms with Gasteiger partial charge in [0.1, 0.15) is 5.82 Å². The summed E-state index contributed by atoms with van der Waals surface area (Å²) in [5, 5.41) is 8.47. The number of rotatable bonds is 3. The highest BCUT2D eigenvalue weighted by atomic mass is 16.5. The van der Waals surface area contributed by atoms with Crippen molar-refractivity contribution in [1.29, 1.82) is 0 Å². The van der Waals surface area contributed by atoms with Crippen LogP contribution in [0.15, 0.2) is 0 Å². The van der Waals surface area contributed by atoms with Crippen molar-refractivity contribution in [1.82, 2.24) is 19.7 Å². The summed E-state index contributed by atoms with van der Waals surface area (Å²) in [6, 6.07) is 0.